The first-order chi connectivity index (χ1) is 16.4. The van der Waals surface area contributed by atoms with Crippen LogP contribution in [-0.4, -0.2) is 33.1 Å². The van der Waals surface area contributed by atoms with Gasteiger partial charge in [0.05, 0.1) is 17.3 Å². The number of nitrogens with zero attached hydrogens (tertiary/aromatic N) is 4. The first kappa shape index (κ1) is 22.0. The fourth-order valence-electron chi connectivity index (χ4n) is 4.09. The number of nitrogens with one attached hydrogen (secondary N) is 1. The zero-order valence-corrected chi connectivity index (χ0v) is 20.1. The number of rotatable bonds is 5. The molecule has 172 valence electrons. The highest BCUT2D eigenvalue weighted by Crippen LogP contribution is 2.29. The highest BCUT2D eigenvalue weighted by Gasteiger charge is 2.35. The fraction of sp³-hybridized carbons (Fsp3) is 0.231. The smallest absolute Gasteiger partial charge is 0.230 e. The lowest BCUT2D eigenvalue weighted by molar-refractivity contribution is -0.122. The molecule has 2 amide bonds. The van der Waals surface area contributed by atoms with Crippen molar-refractivity contribution < 1.29 is 9.59 Å². The van der Waals surface area contributed by atoms with Crippen LogP contribution in [0.4, 0.5) is 11.5 Å². The highest BCUT2D eigenvalue weighted by atomic mass is 32.1. The van der Waals surface area contributed by atoms with Crippen LogP contribution < -0.4 is 10.2 Å². The van der Waals surface area contributed by atoms with Crippen molar-refractivity contribution in [2.75, 3.05) is 16.8 Å². The summed E-state index contributed by atoms with van der Waals surface area (Å²) in [6.07, 6.45) is 0.182. The van der Waals surface area contributed by atoms with E-state index < -0.39 is 5.92 Å². The summed E-state index contributed by atoms with van der Waals surface area (Å²) in [7, 11) is 0. The van der Waals surface area contributed by atoms with Gasteiger partial charge in [-0.05, 0) is 44.0 Å². The molecule has 1 aliphatic rings. The largest absolute Gasteiger partial charge is 0.312 e. The molecule has 4 aromatic rings. The average molecular weight is 472 g/mol. The van der Waals surface area contributed by atoms with Crippen molar-refractivity contribution >= 4 is 34.7 Å². The topological polar surface area (TPSA) is 80.1 Å². The number of benzene rings is 2. The predicted octanol–water partition coefficient (Wildman–Crippen LogP) is 4.91. The number of hydrogen-bond donors (Lipinski definition) is 1. The first-order valence-electron chi connectivity index (χ1n) is 11.2. The summed E-state index contributed by atoms with van der Waals surface area (Å²) in [4.78, 5) is 32.2. The van der Waals surface area contributed by atoms with E-state index in [2.05, 4.69) is 10.4 Å². The van der Waals surface area contributed by atoms with Gasteiger partial charge in [-0.1, -0.05) is 36.4 Å². The summed E-state index contributed by atoms with van der Waals surface area (Å²) < 4.78 is 1.65. The molecule has 1 aliphatic heterocycles. The van der Waals surface area contributed by atoms with Gasteiger partial charge < -0.3 is 10.2 Å². The molecule has 1 fully saturated rings. The first-order valence-corrected chi connectivity index (χ1v) is 12.0. The van der Waals surface area contributed by atoms with Gasteiger partial charge in [-0.15, -0.1) is 11.3 Å². The molecule has 0 radical (unpaired) electrons. The molecule has 1 N–H and O–H groups in total. The molecular formula is C26H25N5O2S. The summed E-state index contributed by atoms with van der Waals surface area (Å²) >= 11 is 1.46. The summed E-state index contributed by atoms with van der Waals surface area (Å²) in [5.41, 5.74) is 5.78. The third-order valence-electron chi connectivity index (χ3n) is 6.12. The predicted molar refractivity (Wildman–Crippen MR) is 134 cm³/mol. The van der Waals surface area contributed by atoms with Crippen LogP contribution in [0, 0.1) is 26.7 Å². The Hall–Kier alpha value is -3.78. The van der Waals surface area contributed by atoms with E-state index in [9.17, 15) is 9.59 Å². The molecule has 0 spiro atoms. The molecule has 1 atom stereocenters. The Bertz CT molecular complexity index is 1380. The van der Waals surface area contributed by atoms with E-state index in [1.54, 1.807) is 9.58 Å². The van der Waals surface area contributed by atoms with Gasteiger partial charge in [0.25, 0.3) is 0 Å². The van der Waals surface area contributed by atoms with Crippen molar-refractivity contribution in [3.05, 3.63) is 76.8 Å². The van der Waals surface area contributed by atoms with Crippen LogP contribution in [0.1, 0.15) is 23.2 Å². The normalized spacial score (nSPS) is 15.7. The van der Waals surface area contributed by atoms with E-state index in [0.29, 0.717) is 17.5 Å². The lowest BCUT2D eigenvalue weighted by atomic mass is 10.1. The second-order valence-electron chi connectivity index (χ2n) is 8.63. The highest BCUT2D eigenvalue weighted by molar-refractivity contribution is 7.12. The number of aryl methyl sites for hydroxylation is 3. The van der Waals surface area contributed by atoms with Gasteiger partial charge in [-0.3, -0.25) is 9.59 Å². The Balaban J connectivity index is 1.34. The van der Waals surface area contributed by atoms with E-state index in [1.165, 1.54) is 16.9 Å². The van der Waals surface area contributed by atoms with Crippen molar-refractivity contribution in [3.63, 3.8) is 0 Å². The van der Waals surface area contributed by atoms with Crippen molar-refractivity contribution in [1.29, 1.82) is 0 Å². The van der Waals surface area contributed by atoms with Crippen LogP contribution in [0.15, 0.2) is 60.0 Å². The molecule has 2 aromatic heterocycles. The van der Waals surface area contributed by atoms with Crippen LogP contribution in [0.2, 0.25) is 0 Å². The minimum absolute atomic E-state index is 0.0412. The van der Waals surface area contributed by atoms with Gasteiger partial charge in [-0.25, -0.2) is 4.98 Å². The van der Waals surface area contributed by atoms with Gasteiger partial charge in [0.15, 0.2) is 0 Å². The van der Waals surface area contributed by atoms with Gasteiger partial charge >= 0.3 is 0 Å². The monoisotopic (exact) mass is 471 g/mol. The van der Waals surface area contributed by atoms with Crippen LogP contribution in [0.25, 0.3) is 16.4 Å². The minimum Gasteiger partial charge on any atom is -0.312 e. The Labute approximate surface area is 202 Å². The Kier molecular flexibility index (Phi) is 5.75. The summed E-state index contributed by atoms with van der Waals surface area (Å²) in [6.45, 7) is 6.29. The SMILES string of the molecule is Cc1cc(NC(=O)C2CC(=O)N(c3ccc(C)c(C)c3)C2)n(-c2nc(-c3ccccc3)cs2)n1. The van der Waals surface area contributed by atoms with Crippen molar-refractivity contribution in [2.45, 2.75) is 27.2 Å². The lowest BCUT2D eigenvalue weighted by Crippen LogP contribution is -2.28. The van der Waals surface area contributed by atoms with Crippen LogP contribution in [0.3, 0.4) is 0 Å². The van der Waals surface area contributed by atoms with Crippen molar-refractivity contribution in [1.82, 2.24) is 14.8 Å². The molecule has 7 nitrogen and oxygen atoms in total. The van der Waals surface area contributed by atoms with Crippen molar-refractivity contribution in [3.8, 4) is 16.4 Å². The molecule has 5 rings (SSSR count). The number of carbonyl (C=O) groups excluding carboxylic acids is 2. The Morgan fingerprint density at radius 3 is 2.62 bits per heavy atom. The number of thiazole rings is 1. The maximum atomic E-state index is 13.1. The minimum atomic E-state index is -0.436. The fourth-order valence-corrected chi connectivity index (χ4v) is 4.89. The molecule has 1 unspecified atom stereocenters. The standard InChI is InChI=1S/C26H25N5O2S/c1-16-9-10-21(11-17(16)2)30-14-20(13-24(30)32)25(33)28-23-12-18(3)29-31(23)26-27-22(15-34-26)19-7-5-4-6-8-19/h4-12,15,20H,13-14H2,1-3H3,(H,28,33). The average Bonchev–Trinajstić information content (AvgIpc) is 3.55. The van der Waals surface area contributed by atoms with Crippen LogP contribution >= 0.6 is 11.3 Å². The van der Waals surface area contributed by atoms with E-state index in [0.717, 1.165) is 28.2 Å². The lowest BCUT2D eigenvalue weighted by Gasteiger charge is -2.18. The molecular weight excluding hydrogens is 446 g/mol. The maximum Gasteiger partial charge on any atom is 0.230 e. The van der Waals surface area contributed by atoms with Crippen molar-refractivity contribution in [2.24, 2.45) is 5.92 Å². The zero-order chi connectivity index (χ0) is 23.8. The van der Waals surface area contributed by atoms with Gasteiger partial charge in [0.1, 0.15) is 5.82 Å². The van der Waals surface area contributed by atoms with E-state index in [-0.39, 0.29) is 18.2 Å². The molecule has 2 aromatic carbocycles. The Morgan fingerprint density at radius 1 is 1.06 bits per heavy atom. The third-order valence-corrected chi connectivity index (χ3v) is 6.94. The summed E-state index contributed by atoms with van der Waals surface area (Å²) in [6, 6.07) is 17.7. The van der Waals surface area contributed by atoms with E-state index in [4.69, 9.17) is 4.98 Å². The molecule has 8 heteroatoms. The number of anilines is 2. The molecule has 0 saturated carbocycles. The van der Waals surface area contributed by atoms with Gasteiger partial charge in [0.2, 0.25) is 16.9 Å². The molecule has 34 heavy (non-hydrogen) atoms. The maximum absolute atomic E-state index is 13.1. The number of aromatic nitrogens is 3. The van der Waals surface area contributed by atoms with Gasteiger partial charge in [-0.2, -0.15) is 9.78 Å². The summed E-state index contributed by atoms with van der Waals surface area (Å²) in [5.74, 6) is -0.122. The van der Waals surface area contributed by atoms with E-state index in [1.807, 2.05) is 80.7 Å². The second kappa shape index (κ2) is 8.87. The number of carbonyl (C=O) groups is 2. The molecule has 0 aliphatic carbocycles. The third kappa shape index (κ3) is 4.24. The molecule has 0 bridgehead atoms. The van der Waals surface area contributed by atoms with Gasteiger partial charge in [0, 0.05) is 35.7 Å². The van der Waals surface area contributed by atoms with E-state index >= 15 is 0 Å². The molecule has 3 heterocycles. The second-order valence-corrected chi connectivity index (χ2v) is 9.46. The quantitative estimate of drug-likeness (QED) is 0.448. The number of hydrogen-bond acceptors (Lipinski definition) is 5. The number of amides is 2. The van der Waals surface area contributed by atoms with Crippen LogP contribution in [0.5, 0.6) is 0 Å². The summed E-state index contributed by atoms with van der Waals surface area (Å²) in [5, 5.41) is 10.2. The van der Waals surface area contributed by atoms with Crippen LogP contribution in [-0.2, 0) is 9.59 Å². The molecule has 1 saturated heterocycles. The Morgan fingerprint density at radius 2 is 1.85 bits per heavy atom. The zero-order valence-electron chi connectivity index (χ0n) is 19.3.